The topological polar surface area (TPSA) is 32.3 Å². The molecule has 2 bridgehead atoms. The number of nitrogens with zero attached hydrogens (tertiary/aromatic N) is 1. The van der Waals surface area contributed by atoms with Crippen molar-refractivity contribution in [1.29, 1.82) is 0 Å². The minimum absolute atomic E-state index is 0. The molecule has 3 nitrogen and oxygen atoms in total. The normalized spacial score (nSPS) is 29.6. The summed E-state index contributed by atoms with van der Waals surface area (Å²) >= 11 is 0. The molecule has 3 unspecified atom stereocenters. The zero-order valence-electron chi connectivity index (χ0n) is 13.0. The number of carbonyl (C=O) groups is 1. The van der Waals surface area contributed by atoms with E-state index in [1.54, 1.807) is 0 Å². The van der Waals surface area contributed by atoms with Crippen molar-refractivity contribution in [3.8, 4) is 0 Å². The molecule has 0 aromatic heterocycles. The van der Waals surface area contributed by atoms with Gasteiger partial charge in [-0.2, -0.15) is 0 Å². The quantitative estimate of drug-likeness (QED) is 0.906. The molecule has 1 amide bonds. The number of halogens is 1. The van der Waals surface area contributed by atoms with Gasteiger partial charge in [0.25, 0.3) is 0 Å². The van der Waals surface area contributed by atoms with Gasteiger partial charge in [0.05, 0.1) is 0 Å². The highest BCUT2D eigenvalue weighted by Gasteiger charge is 2.40. The average molecular weight is 321 g/mol. The van der Waals surface area contributed by atoms with Crippen molar-refractivity contribution in [2.45, 2.75) is 38.6 Å². The van der Waals surface area contributed by atoms with Crippen LogP contribution in [-0.4, -0.2) is 19.0 Å². The third-order valence-electron chi connectivity index (χ3n) is 5.73. The van der Waals surface area contributed by atoms with Gasteiger partial charge in [-0.3, -0.25) is 4.79 Å². The van der Waals surface area contributed by atoms with E-state index in [0.717, 1.165) is 43.6 Å². The molecule has 120 valence electrons. The van der Waals surface area contributed by atoms with Crippen LogP contribution in [0.25, 0.3) is 0 Å². The summed E-state index contributed by atoms with van der Waals surface area (Å²) in [6, 6.07) is 8.33. The van der Waals surface area contributed by atoms with Crippen molar-refractivity contribution in [3.63, 3.8) is 0 Å². The lowest BCUT2D eigenvalue weighted by Gasteiger charge is -2.27. The molecule has 1 heterocycles. The number of para-hydroxylation sites is 1. The third kappa shape index (κ3) is 2.89. The Hall–Kier alpha value is -1.06. The molecule has 2 saturated carbocycles. The summed E-state index contributed by atoms with van der Waals surface area (Å²) in [6.07, 6.45) is 6.21. The molecule has 1 aliphatic heterocycles. The van der Waals surface area contributed by atoms with E-state index < -0.39 is 0 Å². The summed E-state index contributed by atoms with van der Waals surface area (Å²) in [6.45, 7) is 2.56. The molecule has 3 atom stereocenters. The fraction of sp³-hybridized carbons (Fsp3) is 0.611. The molecule has 2 fully saturated rings. The van der Waals surface area contributed by atoms with Crippen LogP contribution < -0.4 is 10.2 Å². The fourth-order valence-electron chi connectivity index (χ4n) is 4.68. The number of amides is 1. The Balaban J connectivity index is 0.00000144. The zero-order chi connectivity index (χ0) is 14.2. The van der Waals surface area contributed by atoms with Crippen LogP contribution >= 0.6 is 12.4 Å². The molecule has 1 aromatic rings. The summed E-state index contributed by atoms with van der Waals surface area (Å²) in [5, 5.41) is 3.42. The van der Waals surface area contributed by atoms with Gasteiger partial charge < -0.3 is 10.2 Å². The van der Waals surface area contributed by atoms with Gasteiger partial charge in [-0.25, -0.2) is 0 Å². The monoisotopic (exact) mass is 320 g/mol. The van der Waals surface area contributed by atoms with Crippen molar-refractivity contribution in [2.75, 3.05) is 18.0 Å². The van der Waals surface area contributed by atoms with Gasteiger partial charge in [-0.1, -0.05) is 24.6 Å². The van der Waals surface area contributed by atoms with E-state index in [4.69, 9.17) is 0 Å². The van der Waals surface area contributed by atoms with Crippen LogP contribution in [0.3, 0.4) is 0 Å². The SMILES string of the molecule is Cl.O=C(CC1CC2CCC1C2)N1CCNCc2ccccc21. The third-order valence-corrected chi connectivity index (χ3v) is 5.73. The smallest absolute Gasteiger partial charge is 0.227 e. The number of nitrogens with one attached hydrogen (secondary N) is 1. The maximum absolute atomic E-state index is 12.8. The number of fused-ring (bicyclic) bond motifs is 3. The fourth-order valence-corrected chi connectivity index (χ4v) is 4.68. The first-order valence-electron chi connectivity index (χ1n) is 8.40. The zero-order valence-corrected chi connectivity index (χ0v) is 13.8. The predicted molar refractivity (Wildman–Crippen MR) is 91.3 cm³/mol. The molecule has 2 aliphatic carbocycles. The molecule has 22 heavy (non-hydrogen) atoms. The van der Waals surface area contributed by atoms with Crippen LogP contribution in [0.15, 0.2) is 24.3 Å². The van der Waals surface area contributed by atoms with Gasteiger partial charge in [-0.05, 0) is 48.6 Å². The summed E-state index contributed by atoms with van der Waals surface area (Å²) in [4.78, 5) is 14.9. The molecular weight excluding hydrogens is 296 g/mol. The molecule has 0 saturated heterocycles. The summed E-state index contributed by atoms with van der Waals surface area (Å²) in [5.41, 5.74) is 2.37. The number of hydrogen-bond acceptors (Lipinski definition) is 2. The number of hydrogen-bond donors (Lipinski definition) is 1. The standard InChI is InChI=1S/C18H24N2O.ClH/c21-18(11-16-10-13-5-6-14(16)9-13)20-8-7-19-12-15-3-1-2-4-17(15)20;/h1-4,13-14,16,19H,5-12H2;1H. The predicted octanol–water partition coefficient (Wildman–Crippen LogP) is 3.37. The maximum Gasteiger partial charge on any atom is 0.227 e. The van der Waals surface area contributed by atoms with Crippen molar-refractivity contribution >= 4 is 24.0 Å². The van der Waals surface area contributed by atoms with Crippen LogP contribution in [0.2, 0.25) is 0 Å². The second kappa shape index (κ2) is 6.59. The van der Waals surface area contributed by atoms with Crippen molar-refractivity contribution in [2.24, 2.45) is 17.8 Å². The Bertz CT molecular complexity index is 548. The van der Waals surface area contributed by atoms with E-state index in [1.807, 2.05) is 11.0 Å². The first-order chi connectivity index (χ1) is 10.3. The highest BCUT2D eigenvalue weighted by Crippen LogP contribution is 2.49. The minimum Gasteiger partial charge on any atom is -0.311 e. The van der Waals surface area contributed by atoms with Crippen molar-refractivity contribution in [1.82, 2.24) is 5.32 Å². The van der Waals surface area contributed by atoms with E-state index in [-0.39, 0.29) is 12.4 Å². The Kier molecular flexibility index (Phi) is 4.74. The van der Waals surface area contributed by atoms with Gasteiger partial charge >= 0.3 is 0 Å². The van der Waals surface area contributed by atoms with Crippen LogP contribution in [0.1, 0.15) is 37.7 Å². The Morgan fingerprint density at radius 3 is 2.86 bits per heavy atom. The minimum atomic E-state index is 0. The largest absolute Gasteiger partial charge is 0.311 e. The lowest BCUT2D eigenvalue weighted by Crippen LogP contribution is -2.36. The molecule has 3 aliphatic rings. The van der Waals surface area contributed by atoms with E-state index in [2.05, 4.69) is 23.5 Å². The van der Waals surface area contributed by atoms with Gasteiger partial charge in [-0.15, -0.1) is 12.4 Å². The first kappa shape index (κ1) is 15.8. The van der Waals surface area contributed by atoms with Gasteiger partial charge in [0.15, 0.2) is 0 Å². The summed E-state index contributed by atoms with van der Waals surface area (Å²) < 4.78 is 0. The molecule has 1 N–H and O–H groups in total. The highest BCUT2D eigenvalue weighted by atomic mass is 35.5. The lowest BCUT2D eigenvalue weighted by atomic mass is 9.86. The Morgan fingerprint density at radius 2 is 2.09 bits per heavy atom. The lowest BCUT2D eigenvalue weighted by molar-refractivity contribution is -0.119. The van der Waals surface area contributed by atoms with Gasteiger partial charge in [0, 0.05) is 31.7 Å². The van der Waals surface area contributed by atoms with Crippen molar-refractivity contribution < 1.29 is 4.79 Å². The van der Waals surface area contributed by atoms with E-state index >= 15 is 0 Å². The van der Waals surface area contributed by atoms with E-state index in [9.17, 15) is 4.79 Å². The molecule has 4 heteroatoms. The summed E-state index contributed by atoms with van der Waals surface area (Å²) in [5.74, 6) is 2.74. The summed E-state index contributed by atoms with van der Waals surface area (Å²) in [7, 11) is 0. The van der Waals surface area contributed by atoms with Crippen molar-refractivity contribution in [3.05, 3.63) is 29.8 Å². The van der Waals surface area contributed by atoms with Gasteiger partial charge in [0.2, 0.25) is 5.91 Å². The molecule has 0 spiro atoms. The molecular formula is C18H25ClN2O. The number of benzene rings is 1. The second-order valence-electron chi connectivity index (χ2n) is 6.99. The first-order valence-corrected chi connectivity index (χ1v) is 8.40. The van der Waals surface area contributed by atoms with Crippen LogP contribution in [-0.2, 0) is 11.3 Å². The molecule has 0 radical (unpaired) electrons. The average Bonchev–Trinajstić information content (AvgIpc) is 3.04. The van der Waals surface area contributed by atoms with Crippen LogP contribution in [0, 0.1) is 17.8 Å². The van der Waals surface area contributed by atoms with Gasteiger partial charge in [0.1, 0.15) is 0 Å². The Morgan fingerprint density at radius 1 is 1.23 bits per heavy atom. The van der Waals surface area contributed by atoms with Crippen LogP contribution in [0.5, 0.6) is 0 Å². The second-order valence-corrected chi connectivity index (χ2v) is 6.99. The number of anilines is 1. The molecule has 4 rings (SSSR count). The van der Waals surface area contributed by atoms with Crippen LogP contribution in [0.4, 0.5) is 5.69 Å². The molecule has 1 aromatic carbocycles. The maximum atomic E-state index is 12.8. The van der Waals surface area contributed by atoms with E-state index in [0.29, 0.717) is 11.8 Å². The van der Waals surface area contributed by atoms with E-state index in [1.165, 1.54) is 31.2 Å². The number of rotatable bonds is 2. The number of carbonyl (C=O) groups excluding carboxylic acids is 1. The highest BCUT2D eigenvalue weighted by molar-refractivity contribution is 5.94. The Labute approximate surface area is 138 Å².